The highest BCUT2D eigenvalue weighted by molar-refractivity contribution is 8.00. The van der Waals surface area contributed by atoms with Gasteiger partial charge >= 0.3 is 5.91 Å². The van der Waals surface area contributed by atoms with Crippen LogP contribution in [0.1, 0.15) is 22.7 Å². The van der Waals surface area contributed by atoms with E-state index in [0.717, 1.165) is 16.9 Å². The second-order valence-electron chi connectivity index (χ2n) is 8.92. The van der Waals surface area contributed by atoms with Gasteiger partial charge in [0.1, 0.15) is 19.0 Å². The summed E-state index contributed by atoms with van der Waals surface area (Å²) in [5, 5.41) is 21.3. The average Bonchev–Trinajstić information content (AvgIpc) is 3.54. The Bertz CT molecular complexity index is 1730. The number of aliphatic hydroxyl groups is 1. The first-order valence-electron chi connectivity index (χ1n) is 12.2. The average molecular weight is 647 g/mol. The second-order valence-corrected chi connectivity index (χ2v) is 12.4. The van der Waals surface area contributed by atoms with Gasteiger partial charge in [0.05, 0.1) is 11.6 Å². The molecule has 1 saturated heterocycles. The number of amides is 1. The Morgan fingerprint density at radius 1 is 0.976 bits per heavy atom. The van der Waals surface area contributed by atoms with E-state index in [1.165, 1.54) is 22.7 Å². The number of benzene rings is 3. The number of hydrogen-bond acceptors (Lipinski definition) is 9. The lowest BCUT2D eigenvalue weighted by atomic mass is 9.95. The molecule has 8 nitrogen and oxygen atoms in total. The maximum absolute atomic E-state index is 13.5. The number of ether oxygens (including phenoxy) is 2. The van der Waals surface area contributed by atoms with E-state index in [-0.39, 0.29) is 21.3 Å². The monoisotopic (exact) mass is 645 g/mol. The zero-order valence-electron chi connectivity index (χ0n) is 20.8. The van der Waals surface area contributed by atoms with Crippen molar-refractivity contribution >= 4 is 80.5 Å². The van der Waals surface area contributed by atoms with Crippen LogP contribution in [0.3, 0.4) is 0 Å². The van der Waals surface area contributed by atoms with Gasteiger partial charge in [0.15, 0.2) is 15.8 Å². The summed E-state index contributed by atoms with van der Waals surface area (Å²) in [5.74, 6) is -0.699. The molecule has 1 atom stereocenters. The number of aromatic nitrogens is 2. The largest absolute Gasteiger partial charge is 0.507 e. The van der Waals surface area contributed by atoms with Crippen molar-refractivity contribution in [3.63, 3.8) is 0 Å². The van der Waals surface area contributed by atoms with Crippen LogP contribution in [0.2, 0.25) is 15.1 Å². The van der Waals surface area contributed by atoms with Crippen molar-refractivity contribution in [2.75, 3.05) is 18.1 Å². The molecule has 2 aliphatic heterocycles. The Kier molecular flexibility index (Phi) is 7.84. The molecule has 1 unspecified atom stereocenters. The third-order valence-electron chi connectivity index (χ3n) is 6.43. The fourth-order valence-corrected chi connectivity index (χ4v) is 7.17. The quantitative estimate of drug-likeness (QED) is 0.0773. The molecule has 1 aromatic heterocycles. The number of anilines is 1. The number of fused-ring (bicyclic) bond motifs is 1. The minimum absolute atomic E-state index is 0.156. The zero-order valence-corrected chi connectivity index (χ0v) is 24.7. The van der Waals surface area contributed by atoms with Crippen LogP contribution in [-0.4, -0.2) is 40.2 Å². The SMILES string of the molecule is O=C1C(=O)N(c2nnc(SCc3ccccc3Cl)s2)C(c2ccc(Cl)cc2Cl)/C1=C(\O)c1ccc2c(c1)OCCO2. The molecule has 1 N–H and O–H groups in total. The molecular formula is C28H18Cl3N3O5S2. The normalized spacial score (nSPS) is 17.7. The van der Waals surface area contributed by atoms with Crippen molar-refractivity contribution in [2.45, 2.75) is 16.1 Å². The maximum atomic E-state index is 13.5. The number of thioether (sulfide) groups is 1. The van der Waals surface area contributed by atoms with E-state index in [4.69, 9.17) is 44.3 Å². The van der Waals surface area contributed by atoms with Gasteiger partial charge in [-0.05, 0) is 47.5 Å². The van der Waals surface area contributed by atoms with Crippen molar-refractivity contribution < 1.29 is 24.2 Å². The van der Waals surface area contributed by atoms with Crippen LogP contribution in [0.15, 0.2) is 70.6 Å². The number of ketones is 1. The van der Waals surface area contributed by atoms with E-state index >= 15 is 0 Å². The van der Waals surface area contributed by atoms with Gasteiger partial charge in [-0.25, -0.2) is 0 Å². The fourth-order valence-electron chi connectivity index (χ4n) is 4.51. The van der Waals surface area contributed by atoms with Gasteiger partial charge < -0.3 is 14.6 Å². The van der Waals surface area contributed by atoms with Gasteiger partial charge in [-0.15, -0.1) is 10.2 Å². The van der Waals surface area contributed by atoms with Crippen LogP contribution in [0.25, 0.3) is 5.76 Å². The number of nitrogens with zero attached hydrogens (tertiary/aromatic N) is 3. The molecule has 1 fully saturated rings. The molecule has 4 aromatic rings. The summed E-state index contributed by atoms with van der Waals surface area (Å²) in [7, 11) is 0. The number of halogens is 3. The summed E-state index contributed by atoms with van der Waals surface area (Å²) in [6.07, 6.45) is 0. The molecule has 1 amide bonds. The second kappa shape index (κ2) is 11.5. The summed E-state index contributed by atoms with van der Waals surface area (Å²) >= 11 is 21.5. The fraction of sp³-hybridized carbons (Fsp3) is 0.143. The van der Waals surface area contributed by atoms with Crippen LogP contribution in [0.5, 0.6) is 11.5 Å². The van der Waals surface area contributed by atoms with Gasteiger partial charge in [-0.1, -0.05) is 82.2 Å². The Labute approximate surface area is 257 Å². The van der Waals surface area contributed by atoms with E-state index in [2.05, 4.69) is 10.2 Å². The van der Waals surface area contributed by atoms with E-state index in [1.54, 1.807) is 36.4 Å². The lowest BCUT2D eigenvalue weighted by Crippen LogP contribution is -2.29. The van der Waals surface area contributed by atoms with Crippen molar-refractivity contribution in [1.82, 2.24) is 10.2 Å². The van der Waals surface area contributed by atoms with Gasteiger partial charge in [0.25, 0.3) is 5.78 Å². The van der Waals surface area contributed by atoms with Crippen LogP contribution in [0.4, 0.5) is 5.13 Å². The third kappa shape index (κ3) is 5.38. The first-order valence-corrected chi connectivity index (χ1v) is 15.1. The number of carbonyl (C=O) groups is 2. The molecule has 0 bridgehead atoms. The molecule has 0 saturated carbocycles. The molecule has 3 heterocycles. The highest BCUT2D eigenvalue weighted by atomic mass is 35.5. The predicted molar refractivity (Wildman–Crippen MR) is 160 cm³/mol. The summed E-state index contributed by atoms with van der Waals surface area (Å²) in [4.78, 5) is 28.2. The zero-order chi connectivity index (χ0) is 28.7. The van der Waals surface area contributed by atoms with Crippen LogP contribution >= 0.6 is 57.9 Å². The molecule has 0 aliphatic carbocycles. The van der Waals surface area contributed by atoms with Crippen molar-refractivity contribution in [3.05, 3.63) is 98.0 Å². The summed E-state index contributed by atoms with van der Waals surface area (Å²) in [5.41, 5.74) is 1.42. The number of hydrogen-bond donors (Lipinski definition) is 1. The van der Waals surface area contributed by atoms with Crippen molar-refractivity contribution in [3.8, 4) is 11.5 Å². The van der Waals surface area contributed by atoms with E-state index in [9.17, 15) is 14.7 Å². The van der Waals surface area contributed by atoms with E-state index in [0.29, 0.717) is 50.4 Å². The third-order valence-corrected chi connectivity index (χ3v) is 9.46. The smallest absolute Gasteiger partial charge is 0.301 e. The topological polar surface area (TPSA) is 102 Å². The van der Waals surface area contributed by atoms with E-state index < -0.39 is 23.5 Å². The maximum Gasteiger partial charge on any atom is 0.301 e. The molecule has 41 heavy (non-hydrogen) atoms. The lowest BCUT2D eigenvalue weighted by molar-refractivity contribution is -0.132. The molecule has 0 radical (unpaired) electrons. The number of aliphatic hydroxyl groups excluding tert-OH is 1. The Morgan fingerprint density at radius 2 is 1.76 bits per heavy atom. The van der Waals surface area contributed by atoms with Crippen LogP contribution in [0, 0.1) is 0 Å². The lowest BCUT2D eigenvalue weighted by Gasteiger charge is -2.24. The number of rotatable bonds is 6. The summed E-state index contributed by atoms with van der Waals surface area (Å²) in [6, 6.07) is 15.9. The van der Waals surface area contributed by atoms with Gasteiger partial charge in [0.2, 0.25) is 5.13 Å². The van der Waals surface area contributed by atoms with Crippen molar-refractivity contribution in [1.29, 1.82) is 0 Å². The number of carbonyl (C=O) groups excluding carboxylic acids is 2. The molecule has 2 aliphatic rings. The Hall–Kier alpha value is -3.28. The van der Waals surface area contributed by atoms with Crippen LogP contribution in [-0.2, 0) is 15.3 Å². The standard InChI is InChI=1S/C28H18Cl3N3O5S2/c29-16-6-7-17(19(31)12-16)23-22(24(35)14-5-8-20-21(11-14)39-10-9-38-20)25(36)26(37)34(23)27-32-33-28(41-27)40-13-15-3-1-2-4-18(15)30/h1-8,11-12,23,35H,9-10,13H2/b24-22+. The summed E-state index contributed by atoms with van der Waals surface area (Å²) < 4.78 is 11.8. The molecular weight excluding hydrogens is 629 g/mol. The first-order chi connectivity index (χ1) is 19.8. The first kappa shape index (κ1) is 27.9. The van der Waals surface area contributed by atoms with Crippen LogP contribution < -0.4 is 14.4 Å². The van der Waals surface area contributed by atoms with Gasteiger partial charge in [-0.3, -0.25) is 14.5 Å². The molecule has 13 heteroatoms. The highest BCUT2D eigenvalue weighted by Gasteiger charge is 2.49. The minimum Gasteiger partial charge on any atom is -0.507 e. The van der Waals surface area contributed by atoms with Gasteiger partial charge in [0, 0.05) is 26.4 Å². The molecule has 0 spiro atoms. The molecule has 6 rings (SSSR count). The van der Waals surface area contributed by atoms with Gasteiger partial charge in [-0.2, -0.15) is 0 Å². The van der Waals surface area contributed by atoms with E-state index in [1.807, 2.05) is 18.2 Å². The highest BCUT2D eigenvalue weighted by Crippen LogP contribution is 2.46. The Balaban J connectivity index is 1.41. The summed E-state index contributed by atoms with van der Waals surface area (Å²) in [6.45, 7) is 0.745. The molecule has 3 aromatic carbocycles. The number of Topliss-reactive ketones (excluding diaryl/α,β-unsaturated/α-hetero) is 1. The molecule has 208 valence electrons. The Morgan fingerprint density at radius 3 is 2.54 bits per heavy atom. The van der Waals surface area contributed by atoms with Crippen molar-refractivity contribution in [2.24, 2.45) is 0 Å². The predicted octanol–water partition coefficient (Wildman–Crippen LogP) is 7.19. The minimum atomic E-state index is -1.10.